The van der Waals surface area contributed by atoms with Crippen molar-refractivity contribution in [2.75, 3.05) is 11.1 Å². The number of hydrogen-bond acceptors (Lipinski definition) is 6. The second-order valence-corrected chi connectivity index (χ2v) is 9.03. The Balaban J connectivity index is 1.81. The van der Waals surface area contributed by atoms with E-state index in [2.05, 4.69) is 17.2 Å². The second kappa shape index (κ2) is 7.12. The highest BCUT2D eigenvalue weighted by Gasteiger charge is 2.13. The van der Waals surface area contributed by atoms with Crippen molar-refractivity contribution in [1.82, 2.24) is 4.98 Å². The molecule has 25 heavy (non-hydrogen) atoms. The van der Waals surface area contributed by atoms with Crippen LogP contribution in [0.25, 0.3) is 10.2 Å². The van der Waals surface area contributed by atoms with Crippen LogP contribution >= 0.6 is 23.1 Å². The zero-order valence-corrected chi connectivity index (χ0v) is 15.7. The van der Waals surface area contributed by atoms with Crippen molar-refractivity contribution in [1.29, 1.82) is 0 Å². The fourth-order valence-electron chi connectivity index (χ4n) is 2.17. The summed E-state index contributed by atoms with van der Waals surface area (Å²) in [5.74, 6) is 0.705. The van der Waals surface area contributed by atoms with Crippen LogP contribution in [-0.2, 0) is 10.0 Å². The molecule has 2 aromatic carbocycles. The third kappa shape index (κ3) is 4.18. The molecule has 3 aromatic rings. The third-order valence-corrected chi connectivity index (χ3v) is 6.08. The molecule has 0 radical (unpaired) electrons. The van der Waals surface area contributed by atoms with Crippen LogP contribution in [-0.4, -0.2) is 25.1 Å². The van der Waals surface area contributed by atoms with E-state index in [4.69, 9.17) is 5.14 Å². The maximum absolute atomic E-state index is 12.3. The van der Waals surface area contributed by atoms with Crippen LogP contribution in [0.4, 0.5) is 5.13 Å². The first-order valence-corrected chi connectivity index (χ1v) is 10.7. The first-order chi connectivity index (χ1) is 11.9. The minimum atomic E-state index is -3.77. The molecule has 9 heteroatoms. The number of amides is 1. The van der Waals surface area contributed by atoms with Gasteiger partial charge in [0.2, 0.25) is 10.0 Å². The molecule has 3 rings (SSSR count). The van der Waals surface area contributed by atoms with E-state index in [9.17, 15) is 13.2 Å². The minimum Gasteiger partial charge on any atom is -0.298 e. The molecule has 0 aliphatic carbocycles. The third-order valence-electron chi connectivity index (χ3n) is 3.34. The van der Waals surface area contributed by atoms with E-state index in [1.165, 1.54) is 23.5 Å². The molecule has 1 amide bonds. The predicted octanol–water partition coefficient (Wildman–Crippen LogP) is 3.31. The van der Waals surface area contributed by atoms with Gasteiger partial charge >= 0.3 is 0 Å². The molecule has 0 aliphatic heterocycles. The van der Waals surface area contributed by atoms with Gasteiger partial charge in [-0.15, -0.1) is 11.8 Å². The number of carbonyl (C=O) groups excluding carboxylic acids is 1. The number of fused-ring (bicyclic) bond motifs is 1. The molecule has 0 unspecified atom stereocenters. The van der Waals surface area contributed by atoms with E-state index in [1.807, 2.05) is 12.1 Å². The molecule has 0 spiro atoms. The van der Waals surface area contributed by atoms with Gasteiger partial charge in [-0.1, -0.05) is 18.3 Å². The van der Waals surface area contributed by atoms with Gasteiger partial charge in [0.1, 0.15) is 0 Å². The maximum Gasteiger partial charge on any atom is 0.257 e. The summed E-state index contributed by atoms with van der Waals surface area (Å²) in [4.78, 5) is 17.7. The first-order valence-electron chi connectivity index (χ1n) is 7.34. The highest BCUT2D eigenvalue weighted by molar-refractivity contribution is 7.99. The van der Waals surface area contributed by atoms with Crippen molar-refractivity contribution in [3.05, 3.63) is 48.0 Å². The Labute approximate surface area is 153 Å². The molecule has 0 bridgehead atoms. The fourth-order valence-corrected chi connectivity index (χ4v) is 4.35. The summed E-state index contributed by atoms with van der Waals surface area (Å²) in [5.41, 5.74) is 1.13. The van der Waals surface area contributed by atoms with Gasteiger partial charge < -0.3 is 0 Å². The number of primary sulfonamides is 1. The number of hydrogen-bond donors (Lipinski definition) is 2. The molecule has 0 saturated heterocycles. The number of nitrogens with zero attached hydrogens (tertiary/aromatic N) is 1. The van der Waals surface area contributed by atoms with Gasteiger partial charge in [0, 0.05) is 10.5 Å². The number of anilines is 1. The van der Waals surface area contributed by atoms with Gasteiger partial charge in [0.25, 0.3) is 5.91 Å². The molecular formula is C16H15N3O3S3. The average molecular weight is 394 g/mol. The van der Waals surface area contributed by atoms with Gasteiger partial charge in [-0.25, -0.2) is 18.5 Å². The van der Waals surface area contributed by atoms with Crippen molar-refractivity contribution in [3.8, 4) is 0 Å². The van der Waals surface area contributed by atoms with Crippen molar-refractivity contribution in [2.45, 2.75) is 16.7 Å². The molecule has 1 heterocycles. The molecule has 0 aliphatic rings. The summed E-state index contributed by atoms with van der Waals surface area (Å²) in [5, 5.41) is 8.27. The Morgan fingerprint density at radius 3 is 2.60 bits per heavy atom. The molecule has 3 N–H and O–H groups in total. The van der Waals surface area contributed by atoms with Crippen LogP contribution in [0.3, 0.4) is 0 Å². The number of nitrogens with one attached hydrogen (secondary N) is 1. The lowest BCUT2D eigenvalue weighted by Gasteiger charge is -2.03. The van der Waals surface area contributed by atoms with Crippen molar-refractivity contribution in [3.63, 3.8) is 0 Å². The van der Waals surface area contributed by atoms with Crippen molar-refractivity contribution < 1.29 is 13.2 Å². The Morgan fingerprint density at radius 1 is 1.24 bits per heavy atom. The topological polar surface area (TPSA) is 102 Å². The quantitative estimate of drug-likeness (QED) is 0.648. The van der Waals surface area contributed by atoms with Crippen LogP contribution < -0.4 is 10.5 Å². The molecule has 0 saturated carbocycles. The van der Waals surface area contributed by atoms with Gasteiger partial charge in [-0.2, -0.15) is 0 Å². The van der Waals surface area contributed by atoms with E-state index < -0.39 is 10.0 Å². The van der Waals surface area contributed by atoms with E-state index in [1.54, 1.807) is 30.0 Å². The average Bonchev–Trinajstić information content (AvgIpc) is 2.96. The Hall–Kier alpha value is -1.94. The second-order valence-electron chi connectivity index (χ2n) is 5.11. The SMILES string of the molecule is CCSc1ccc(C(=O)Nc2nc3ccc(S(N)(=O)=O)cc3s2)cc1. The number of carbonyl (C=O) groups is 1. The lowest BCUT2D eigenvalue weighted by atomic mass is 10.2. The summed E-state index contributed by atoms with van der Waals surface area (Å²) in [7, 11) is -3.77. The fraction of sp³-hybridized carbons (Fsp3) is 0.125. The molecule has 1 aromatic heterocycles. The Kier molecular flexibility index (Phi) is 5.09. The summed E-state index contributed by atoms with van der Waals surface area (Å²) >= 11 is 2.90. The highest BCUT2D eigenvalue weighted by atomic mass is 32.2. The normalized spacial score (nSPS) is 11.6. The van der Waals surface area contributed by atoms with Crippen LogP contribution in [0.1, 0.15) is 17.3 Å². The van der Waals surface area contributed by atoms with Gasteiger partial charge in [0.15, 0.2) is 5.13 Å². The van der Waals surface area contributed by atoms with Gasteiger partial charge in [-0.3, -0.25) is 10.1 Å². The van der Waals surface area contributed by atoms with Gasteiger partial charge in [-0.05, 0) is 48.2 Å². The first kappa shape index (κ1) is 17.9. The van der Waals surface area contributed by atoms with E-state index in [0.29, 0.717) is 20.9 Å². The Bertz CT molecular complexity index is 1030. The molecule has 130 valence electrons. The minimum absolute atomic E-state index is 0.0190. The molecule has 0 fully saturated rings. The number of rotatable bonds is 5. The van der Waals surface area contributed by atoms with Crippen LogP contribution in [0.5, 0.6) is 0 Å². The summed E-state index contributed by atoms with van der Waals surface area (Å²) in [6.45, 7) is 2.07. The number of aromatic nitrogens is 1. The lowest BCUT2D eigenvalue weighted by Crippen LogP contribution is -2.11. The smallest absolute Gasteiger partial charge is 0.257 e. The summed E-state index contributed by atoms with van der Waals surface area (Å²) in [6.07, 6.45) is 0. The largest absolute Gasteiger partial charge is 0.298 e. The monoisotopic (exact) mass is 393 g/mol. The molecular weight excluding hydrogens is 378 g/mol. The van der Waals surface area contributed by atoms with Gasteiger partial charge in [0.05, 0.1) is 15.1 Å². The van der Waals surface area contributed by atoms with E-state index in [0.717, 1.165) is 10.6 Å². The number of thioether (sulfide) groups is 1. The zero-order chi connectivity index (χ0) is 18.0. The van der Waals surface area contributed by atoms with E-state index in [-0.39, 0.29) is 10.8 Å². The Morgan fingerprint density at radius 2 is 1.96 bits per heavy atom. The van der Waals surface area contributed by atoms with Crippen molar-refractivity contribution in [2.24, 2.45) is 5.14 Å². The molecule has 0 atom stereocenters. The maximum atomic E-state index is 12.3. The summed E-state index contributed by atoms with van der Waals surface area (Å²) < 4.78 is 23.5. The number of nitrogens with two attached hydrogens (primary N) is 1. The standard InChI is InChI=1S/C16H15N3O3S3/c1-2-23-11-5-3-10(4-6-11)15(20)19-16-18-13-8-7-12(25(17,21)22)9-14(13)24-16/h3-9H,2H2,1H3,(H2,17,21,22)(H,18,19,20). The van der Waals surface area contributed by atoms with Crippen LogP contribution in [0.15, 0.2) is 52.3 Å². The lowest BCUT2D eigenvalue weighted by molar-refractivity contribution is 0.102. The van der Waals surface area contributed by atoms with Crippen LogP contribution in [0.2, 0.25) is 0 Å². The highest BCUT2D eigenvalue weighted by Crippen LogP contribution is 2.28. The molecule has 6 nitrogen and oxygen atoms in total. The predicted molar refractivity (Wildman–Crippen MR) is 102 cm³/mol. The van der Waals surface area contributed by atoms with Crippen molar-refractivity contribution >= 4 is 54.4 Å². The van der Waals surface area contributed by atoms with E-state index >= 15 is 0 Å². The number of thiazole rings is 1. The number of benzene rings is 2. The van der Waals surface area contributed by atoms with Crippen LogP contribution in [0, 0.1) is 0 Å². The zero-order valence-electron chi connectivity index (χ0n) is 13.2. The number of sulfonamides is 1. The summed E-state index contributed by atoms with van der Waals surface area (Å²) in [6, 6.07) is 11.7.